The number of aryl methyl sites for hydroxylation is 2. The van der Waals surface area contributed by atoms with E-state index in [1.165, 1.54) is 0 Å². The number of furan rings is 1. The van der Waals surface area contributed by atoms with Crippen LogP contribution in [0, 0.1) is 19.8 Å². The van der Waals surface area contributed by atoms with Gasteiger partial charge < -0.3 is 14.1 Å². The molecule has 1 aliphatic rings. The van der Waals surface area contributed by atoms with Crippen molar-refractivity contribution in [3.05, 3.63) is 53.0 Å². The van der Waals surface area contributed by atoms with Crippen LogP contribution in [0.2, 0.25) is 0 Å². The lowest BCUT2D eigenvalue weighted by molar-refractivity contribution is -0.153. The Morgan fingerprint density at radius 1 is 1.30 bits per heavy atom. The molecule has 4 nitrogen and oxygen atoms in total. The van der Waals surface area contributed by atoms with E-state index in [1.54, 1.807) is 44.2 Å². The lowest BCUT2D eigenvalue weighted by Crippen LogP contribution is -2.28. The van der Waals surface area contributed by atoms with Gasteiger partial charge in [-0.2, -0.15) is 13.2 Å². The molecule has 0 bridgehead atoms. The summed E-state index contributed by atoms with van der Waals surface area (Å²) < 4.78 is 47.4. The van der Waals surface area contributed by atoms with Gasteiger partial charge in [0.15, 0.2) is 6.61 Å². The molecule has 0 radical (unpaired) electrons. The maximum atomic E-state index is 12.6. The molecule has 0 N–H and O–H groups in total. The predicted octanol–water partition coefficient (Wildman–Crippen LogP) is 4.60. The highest BCUT2D eigenvalue weighted by molar-refractivity contribution is 5.82. The van der Waals surface area contributed by atoms with E-state index < -0.39 is 12.8 Å². The van der Waals surface area contributed by atoms with Crippen molar-refractivity contribution in [3.8, 4) is 5.75 Å². The Morgan fingerprint density at radius 2 is 1.96 bits per heavy atom. The molecule has 1 aliphatic carbocycles. The van der Waals surface area contributed by atoms with E-state index in [2.05, 4.69) is 0 Å². The molecule has 2 atom stereocenters. The summed E-state index contributed by atoms with van der Waals surface area (Å²) in [5.74, 6) is 1.18. The smallest absolute Gasteiger partial charge is 0.422 e. The first kappa shape index (κ1) is 19.3. The molecule has 3 rings (SSSR count). The van der Waals surface area contributed by atoms with E-state index in [-0.39, 0.29) is 23.5 Å². The Balaban J connectivity index is 1.62. The molecule has 146 valence electrons. The van der Waals surface area contributed by atoms with Crippen LogP contribution in [0.5, 0.6) is 5.75 Å². The molecule has 1 fully saturated rings. The second-order valence-corrected chi connectivity index (χ2v) is 7.12. The summed E-state index contributed by atoms with van der Waals surface area (Å²) >= 11 is 0. The van der Waals surface area contributed by atoms with Crippen LogP contribution < -0.4 is 4.74 Å². The minimum Gasteiger partial charge on any atom is -0.484 e. The van der Waals surface area contributed by atoms with Crippen LogP contribution in [-0.2, 0) is 11.3 Å². The minimum atomic E-state index is -4.38. The van der Waals surface area contributed by atoms with E-state index in [0.717, 1.165) is 17.7 Å². The first-order chi connectivity index (χ1) is 12.7. The highest BCUT2D eigenvalue weighted by Gasteiger charge is 2.46. The fourth-order valence-corrected chi connectivity index (χ4v) is 3.43. The maximum Gasteiger partial charge on any atom is 0.422 e. The number of nitrogens with zero attached hydrogens (tertiary/aromatic N) is 1. The third kappa shape index (κ3) is 4.64. The van der Waals surface area contributed by atoms with Crippen molar-refractivity contribution in [1.29, 1.82) is 0 Å². The number of halogens is 3. The summed E-state index contributed by atoms with van der Waals surface area (Å²) in [7, 11) is 1.73. The number of hydrogen-bond donors (Lipinski definition) is 0. The number of hydrogen-bond acceptors (Lipinski definition) is 3. The molecule has 1 saturated carbocycles. The summed E-state index contributed by atoms with van der Waals surface area (Å²) in [6.45, 7) is 2.49. The number of carbonyl (C=O) groups excluding carboxylic acids is 1. The lowest BCUT2D eigenvalue weighted by Gasteiger charge is -2.20. The zero-order valence-corrected chi connectivity index (χ0v) is 15.5. The second kappa shape index (κ2) is 7.29. The Hall–Kier alpha value is -2.44. The van der Waals surface area contributed by atoms with E-state index >= 15 is 0 Å². The normalized spacial score (nSPS) is 19.0. The topological polar surface area (TPSA) is 42.7 Å². The first-order valence-electron chi connectivity index (χ1n) is 8.74. The second-order valence-electron chi connectivity index (χ2n) is 7.12. The summed E-state index contributed by atoms with van der Waals surface area (Å²) in [6, 6.07) is 7.22. The van der Waals surface area contributed by atoms with Crippen LogP contribution >= 0.6 is 0 Å². The van der Waals surface area contributed by atoms with Crippen LogP contribution in [0.3, 0.4) is 0 Å². The molecule has 0 saturated heterocycles. The summed E-state index contributed by atoms with van der Waals surface area (Å²) in [5, 5.41) is 0. The molecule has 1 amide bonds. The molecular formula is C20H22F3NO3. The van der Waals surface area contributed by atoms with Crippen molar-refractivity contribution < 1.29 is 27.1 Å². The number of alkyl halides is 3. The van der Waals surface area contributed by atoms with E-state index in [0.29, 0.717) is 17.7 Å². The highest BCUT2D eigenvalue weighted by atomic mass is 19.4. The standard InChI is InChI=1S/C20H22F3NO3/c1-12-7-14(8-13(2)18(12)27-11-20(21,22)23)10-24(3)19(25)16-9-15(16)17-5-4-6-26-17/h4-8,15-16H,9-11H2,1-3H3. The third-order valence-electron chi connectivity index (χ3n) is 4.71. The maximum absolute atomic E-state index is 12.6. The van der Waals surface area contributed by atoms with Crippen LogP contribution in [-0.4, -0.2) is 30.6 Å². The van der Waals surface area contributed by atoms with Gasteiger partial charge >= 0.3 is 6.18 Å². The number of rotatable bonds is 6. The van der Waals surface area contributed by atoms with Crippen LogP contribution in [0.15, 0.2) is 34.9 Å². The van der Waals surface area contributed by atoms with Crippen LogP contribution in [0.25, 0.3) is 0 Å². The van der Waals surface area contributed by atoms with Crippen LogP contribution in [0.4, 0.5) is 13.2 Å². The average Bonchev–Trinajstić information content (AvgIpc) is 3.17. The number of benzene rings is 1. The molecule has 27 heavy (non-hydrogen) atoms. The predicted molar refractivity (Wildman–Crippen MR) is 93.5 cm³/mol. The summed E-state index contributed by atoms with van der Waals surface area (Å²) in [6.07, 6.45) is -2.00. The van der Waals surface area contributed by atoms with Gasteiger partial charge in [0, 0.05) is 25.4 Å². The van der Waals surface area contributed by atoms with Crippen molar-refractivity contribution in [2.75, 3.05) is 13.7 Å². The summed E-state index contributed by atoms with van der Waals surface area (Å²) in [4.78, 5) is 14.3. The van der Waals surface area contributed by atoms with Gasteiger partial charge in [-0.3, -0.25) is 4.79 Å². The first-order valence-corrected chi connectivity index (χ1v) is 8.74. The van der Waals surface area contributed by atoms with Gasteiger partial charge in [0.1, 0.15) is 11.5 Å². The molecule has 2 aromatic rings. The molecule has 1 aromatic heterocycles. The Kier molecular flexibility index (Phi) is 5.22. The fraction of sp³-hybridized carbons (Fsp3) is 0.450. The molecule has 7 heteroatoms. The molecule has 1 aromatic carbocycles. The number of ether oxygens (including phenoxy) is 1. The van der Waals surface area contributed by atoms with Crippen molar-refractivity contribution in [2.24, 2.45) is 5.92 Å². The van der Waals surface area contributed by atoms with Gasteiger partial charge in [-0.1, -0.05) is 12.1 Å². The van der Waals surface area contributed by atoms with Gasteiger partial charge in [0.25, 0.3) is 0 Å². The molecule has 2 unspecified atom stereocenters. The fourth-order valence-electron chi connectivity index (χ4n) is 3.43. The number of amides is 1. The van der Waals surface area contributed by atoms with Gasteiger partial charge in [-0.05, 0) is 49.1 Å². The summed E-state index contributed by atoms with van der Waals surface area (Å²) in [5.41, 5.74) is 2.10. The molecule has 1 heterocycles. The van der Waals surface area contributed by atoms with Gasteiger partial charge in [-0.25, -0.2) is 0 Å². The van der Waals surface area contributed by atoms with E-state index in [4.69, 9.17) is 9.15 Å². The Labute approximate surface area is 155 Å². The Bertz CT molecular complexity index is 791. The molecule has 0 spiro atoms. The number of carbonyl (C=O) groups is 1. The van der Waals surface area contributed by atoms with Crippen molar-refractivity contribution in [1.82, 2.24) is 4.90 Å². The van der Waals surface area contributed by atoms with Crippen LogP contribution in [0.1, 0.15) is 34.8 Å². The highest BCUT2D eigenvalue weighted by Crippen LogP contribution is 2.48. The third-order valence-corrected chi connectivity index (χ3v) is 4.71. The van der Waals surface area contributed by atoms with Crippen molar-refractivity contribution in [2.45, 2.75) is 38.9 Å². The largest absolute Gasteiger partial charge is 0.484 e. The monoisotopic (exact) mass is 381 g/mol. The lowest BCUT2D eigenvalue weighted by atomic mass is 10.0. The van der Waals surface area contributed by atoms with Crippen molar-refractivity contribution in [3.63, 3.8) is 0 Å². The zero-order valence-electron chi connectivity index (χ0n) is 15.5. The van der Waals surface area contributed by atoms with E-state index in [1.807, 2.05) is 12.1 Å². The molecule has 0 aliphatic heterocycles. The van der Waals surface area contributed by atoms with Gasteiger partial charge in [-0.15, -0.1) is 0 Å². The van der Waals surface area contributed by atoms with Gasteiger partial charge in [0.2, 0.25) is 5.91 Å². The van der Waals surface area contributed by atoms with Crippen molar-refractivity contribution >= 4 is 5.91 Å². The Morgan fingerprint density at radius 3 is 2.52 bits per heavy atom. The van der Waals surface area contributed by atoms with E-state index in [9.17, 15) is 18.0 Å². The average molecular weight is 381 g/mol. The minimum absolute atomic E-state index is 0.0455. The quantitative estimate of drug-likeness (QED) is 0.735. The SMILES string of the molecule is Cc1cc(CN(C)C(=O)C2CC2c2ccco2)cc(C)c1OCC(F)(F)F. The molecular weight excluding hydrogens is 359 g/mol. The zero-order chi connectivity index (χ0) is 19.8. The van der Waals surface area contributed by atoms with Gasteiger partial charge in [0.05, 0.1) is 6.26 Å².